The van der Waals surface area contributed by atoms with Gasteiger partial charge in [0.2, 0.25) is 0 Å². The number of fused-ring (bicyclic) bond motifs is 1. The molecule has 0 atom stereocenters. The lowest BCUT2D eigenvalue weighted by Gasteiger charge is -2.14. The Hall–Kier alpha value is -4.82. The number of hydrogen-bond acceptors (Lipinski definition) is 7. The van der Waals surface area contributed by atoms with Gasteiger partial charge in [-0.05, 0) is 56.7 Å². The summed E-state index contributed by atoms with van der Waals surface area (Å²) in [6.45, 7) is 5.23. The van der Waals surface area contributed by atoms with Crippen molar-refractivity contribution in [1.82, 2.24) is 18.5 Å². The first-order valence-electron chi connectivity index (χ1n) is 11.4. The molecule has 0 radical (unpaired) electrons. The first kappa shape index (κ1) is 24.9. The molecular formula is C27H20FN5O4S. The molecule has 9 nitrogen and oxygen atoms in total. The maximum atomic E-state index is 14.5. The van der Waals surface area contributed by atoms with Crippen LogP contribution in [0.15, 0.2) is 70.7 Å². The second kappa shape index (κ2) is 8.93. The molecule has 11 heteroatoms. The van der Waals surface area contributed by atoms with Crippen LogP contribution in [0.2, 0.25) is 0 Å². The van der Waals surface area contributed by atoms with Crippen LogP contribution in [0.25, 0.3) is 28.0 Å². The van der Waals surface area contributed by atoms with Gasteiger partial charge in [-0.15, -0.1) is 0 Å². The Balaban J connectivity index is 1.87. The van der Waals surface area contributed by atoms with Crippen LogP contribution in [0.4, 0.5) is 4.39 Å². The SMILES string of the molecule is Cc1ccc(S(=O)(=O)n2c(-c3cnc(C#N)c(F)c3)cc3c(=O)n(-c4c(C)ccc(O)c4C)cnc32)cc1. The van der Waals surface area contributed by atoms with Crippen molar-refractivity contribution in [2.45, 2.75) is 25.7 Å². The molecule has 0 aliphatic heterocycles. The summed E-state index contributed by atoms with van der Waals surface area (Å²) in [7, 11) is -4.31. The molecule has 0 aliphatic rings. The van der Waals surface area contributed by atoms with E-state index in [1.54, 1.807) is 38.1 Å². The highest BCUT2D eigenvalue weighted by molar-refractivity contribution is 7.90. The second-order valence-electron chi connectivity index (χ2n) is 8.81. The Morgan fingerprint density at radius 3 is 2.39 bits per heavy atom. The summed E-state index contributed by atoms with van der Waals surface area (Å²) in [6, 6.07) is 13.2. The van der Waals surface area contributed by atoms with Crippen molar-refractivity contribution in [2.75, 3.05) is 0 Å². The van der Waals surface area contributed by atoms with Gasteiger partial charge < -0.3 is 5.11 Å². The van der Waals surface area contributed by atoms with Gasteiger partial charge in [0, 0.05) is 17.3 Å². The van der Waals surface area contributed by atoms with Crippen LogP contribution in [0, 0.1) is 37.9 Å². The third-order valence-electron chi connectivity index (χ3n) is 6.32. The molecule has 3 heterocycles. The molecule has 0 saturated carbocycles. The van der Waals surface area contributed by atoms with E-state index < -0.39 is 27.1 Å². The summed E-state index contributed by atoms with van der Waals surface area (Å²) in [5.41, 5.74) is 1.16. The Morgan fingerprint density at radius 1 is 1.03 bits per heavy atom. The highest BCUT2D eigenvalue weighted by Crippen LogP contribution is 2.32. The van der Waals surface area contributed by atoms with E-state index in [4.69, 9.17) is 5.26 Å². The quantitative estimate of drug-likeness (QED) is 0.370. The zero-order valence-corrected chi connectivity index (χ0v) is 21.3. The number of aromatic nitrogens is 4. The highest BCUT2D eigenvalue weighted by atomic mass is 32.2. The van der Waals surface area contributed by atoms with Gasteiger partial charge in [0.1, 0.15) is 18.1 Å². The van der Waals surface area contributed by atoms with E-state index in [0.717, 1.165) is 15.6 Å². The molecule has 0 amide bonds. The van der Waals surface area contributed by atoms with Crippen LogP contribution in [-0.2, 0) is 10.0 Å². The third-order valence-corrected chi connectivity index (χ3v) is 8.04. The second-order valence-corrected chi connectivity index (χ2v) is 10.6. The topological polar surface area (TPSA) is 131 Å². The first-order chi connectivity index (χ1) is 18.0. The van der Waals surface area contributed by atoms with Crippen molar-refractivity contribution in [3.8, 4) is 28.8 Å². The van der Waals surface area contributed by atoms with Crippen LogP contribution in [0.3, 0.4) is 0 Å². The van der Waals surface area contributed by atoms with Gasteiger partial charge in [0.05, 0.1) is 21.7 Å². The average Bonchev–Trinajstić information content (AvgIpc) is 3.29. The molecule has 5 aromatic rings. The number of pyridine rings is 1. The summed E-state index contributed by atoms with van der Waals surface area (Å²) in [5, 5.41) is 19.2. The normalized spacial score (nSPS) is 11.6. The summed E-state index contributed by atoms with van der Waals surface area (Å²) in [5.74, 6) is -0.956. The van der Waals surface area contributed by atoms with E-state index in [2.05, 4.69) is 9.97 Å². The number of rotatable bonds is 4. The van der Waals surface area contributed by atoms with Gasteiger partial charge >= 0.3 is 0 Å². The number of nitriles is 1. The van der Waals surface area contributed by atoms with Crippen LogP contribution in [0.5, 0.6) is 5.75 Å². The standard InChI is InChI=1S/C27H20FN5O4S/c1-15-4-7-19(8-5-15)38(36,37)33-23(18-10-21(28)22(12-29)30-13-18)11-20-26(33)31-14-32(27(20)35)25-16(2)6-9-24(34)17(25)3/h4-11,13-14,34H,1-3H3. The monoisotopic (exact) mass is 529 g/mol. The fourth-order valence-electron chi connectivity index (χ4n) is 4.33. The number of benzene rings is 2. The lowest BCUT2D eigenvalue weighted by atomic mass is 10.1. The third kappa shape index (κ3) is 3.82. The van der Waals surface area contributed by atoms with E-state index in [1.165, 1.54) is 41.4 Å². The van der Waals surface area contributed by atoms with Gasteiger partial charge in [0.15, 0.2) is 17.2 Å². The molecule has 0 bridgehead atoms. The zero-order chi connectivity index (χ0) is 27.4. The number of hydrogen-bond donors (Lipinski definition) is 1. The van der Waals surface area contributed by atoms with Crippen LogP contribution in [0.1, 0.15) is 22.4 Å². The summed E-state index contributed by atoms with van der Waals surface area (Å²) in [4.78, 5) is 21.8. The highest BCUT2D eigenvalue weighted by Gasteiger charge is 2.27. The first-order valence-corrected chi connectivity index (χ1v) is 12.8. The fourth-order valence-corrected chi connectivity index (χ4v) is 5.81. The number of halogens is 1. The Morgan fingerprint density at radius 2 is 1.74 bits per heavy atom. The van der Waals surface area contributed by atoms with Crippen LogP contribution < -0.4 is 5.56 Å². The average molecular weight is 530 g/mol. The molecule has 0 spiro atoms. The van der Waals surface area contributed by atoms with Crippen molar-refractivity contribution in [3.63, 3.8) is 0 Å². The minimum Gasteiger partial charge on any atom is -0.508 e. The van der Waals surface area contributed by atoms with Crippen LogP contribution >= 0.6 is 0 Å². The smallest absolute Gasteiger partial charge is 0.269 e. The van der Waals surface area contributed by atoms with E-state index in [9.17, 15) is 22.7 Å². The zero-order valence-electron chi connectivity index (χ0n) is 20.5. The lowest BCUT2D eigenvalue weighted by molar-refractivity contribution is 0.470. The molecule has 1 N–H and O–H groups in total. The molecule has 0 saturated heterocycles. The summed E-state index contributed by atoms with van der Waals surface area (Å²) in [6.07, 6.45) is 2.36. The predicted molar refractivity (Wildman–Crippen MR) is 138 cm³/mol. The van der Waals surface area contributed by atoms with E-state index in [-0.39, 0.29) is 32.9 Å². The van der Waals surface area contributed by atoms with Gasteiger partial charge in [-0.2, -0.15) is 5.26 Å². The summed E-state index contributed by atoms with van der Waals surface area (Å²) >= 11 is 0. The molecule has 190 valence electrons. The minimum absolute atomic E-state index is 0.0167. The van der Waals surface area contributed by atoms with E-state index in [1.807, 2.05) is 6.92 Å². The van der Waals surface area contributed by atoms with Gasteiger partial charge in [-0.3, -0.25) is 9.36 Å². The number of phenolic OH excluding ortho intramolecular Hbond substituents is 1. The Bertz CT molecular complexity index is 1970. The minimum atomic E-state index is -4.31. The van der Waals surface area contributed by atoms with Crippen molar-refractivity contribution in [1.29, 1.82) is 5.26 Å². The number of aromatic hydroxyl groups is 1. The van der Waals surface area contributed by atoms with Crippen molar-refractivity contribution >= 4 is 21.1 Å². The molecule has 3 aromatic heterocycles. The fraction of sp³-hybridized carbons (Fsp3) is 0.111. The molecule has 0 aliphatic carbocycles. The Labute approximate surface area is 216 Å². The maximum absolute atomic E-state index is 14.5. The van der Waals surface area contributed by atoms with Crippen molar-refractivity contribution < 1.29 is 17.9 Å². The molecule has 0 unspecified atom stereocenters. The summed E-state index contributed by atoms with van der Waals surface area (Å²) < 4.78 is 44.4. The van der Waals surface area contributed by atoms with Gasteiger partial charge in [0.25, 0.3) is 15.6 Å². The Kier molecular flexibility index (Phi) is 5.84. The maximum Gasteiger partial charge on any atom is 0.269 e. The van der Waals surface area contributed by atoms with E-state index in [0.29, 0.717) is 16.8 Å². The number of phenols is 1. The predicted octanol–water partition coefficient (Wildman–Crippen LogP) is 4.13. The molecule has 2 aromatic carbocycles. The van der Waals surface area contributed by atoms with Gasteiger partial charge in [-0.25, -0.2) is 26.7 Å². The molecular weight excluding hydrogens is 509 g/mol. The molecule has 5 rings (SSSR count). The number of nitrogens with zero attached hydrogens (tertiary/aromatic N) is 5. The molecule has 0 fully saturated rings. The lowest BCUT2D eigenvalue weighted by Crippen LogP contribution is -2.21. The van der Waals surface area contributed by atoms with Crippen molar-refractivity contribution in [2.24, 2.45) is 0 Å². The van der Waals surface area contributed by atoms with Gasteiger partial charge in [-0.1, -0.05) is 23.8 Å². The largest absolute Gasteiger partial charge is 0.508 e. The van der Waals surface area contributed by atoms with Crippen LogP contribution in [-0.4, -0.2) is 32.0 Å². The number of aryl methyl sites for hydroxylation is 2. The van der Waals surface area contributed by atoms with E-state index >= 15 is 0 Å². The van der Waals surface area contributed by atoms with Crippen molar-refractivity contribution in [3.05, 3.63) is 99.6 Å². The molecule has 38 heavy (non-hydrogen) atoms.